The molecule has 1 fully saturated rings. The van der Waals surface area contributed by atoms with E-state index in [2.05, 4.69) is 50.5 Å². The number of rotatable bonds is 7. The number of hydrogen-bond acceptors (Lipinski definition) is 2. The minimum Gasteiger partial charge on any atom is -0.313 e. The minimum absolute atomic E-state index is 0.554. The summed E-state index contributed by atoms with van der Waals surface area (Å²) >= 11 is 0. The summed E-state index contributed by atoms with van der Waals surface area (Å²) in [6.45, 7) is 11.3. The Hall–Kier alpha value is -0.830. The zero-order chi connectivity index (χ0) is 15.3. The van der Waals surface area contributed by atoms with E-state index in [0.717, 1.165) is 25.4 Å². The Balaban J connectivity index is 1.97. The average Bonchev–Trinajstić information content (AvgIpc) is 2.91. The van der Waals surface area contributed by atoms with Crippen molar-refractivity contribution in [1.82, 2.24) is 15.1 Å². The van der Waals surface area contributed by atoms with Crippen molar-refractivity contribution in [2.24, 2.45) is 11.3 Å². The smallest absolute Gasteiger partial charge is 0.0522 e. The van der Waals surface area contributed by atoms with Crippen LogP contribution in [0.25, 0.3) is 0 Å². The Morgan fingerprint density at radius 1 is 1.33 bits per heavy atom. The third kappa shape index (κ3) is 4.84. The summed E-state index contributed by atoms with van der Waals surface area (Å²) in [4.78, 5) is 0. The van der Waals surface area contributed by atoms with E-state index in [1.165, 1.54) is 37.7 Å². The fourth-order valence-electron chi connectivity index (χ4n) is 3.50. The number of aromatic nitrogens is 2. The molecule has 1 unspecified atom stereocenters. The van der Waals surface area contributed by atoms with Crippen molar-refractivity contribution in [2.75, 3.05) is 6.54 Å². The summed E-state index contributed by atoms with van der Waals surface area (Å²) in [5, 5.41) is 8.23. The van der Waals surface area contributed by atoms with E-state index >= 15 is 0 Å². The number of nitrogens with zero attached hydrogens (tertiary/aromatic N) is 2. The van der Waals surface area contributed by atoms with Gasteiger partial charge in [-0.15, -0.1) is 0 Å². The van der Waals surface area contributed by atoms with Crippen LogP contribution < -0.4 is 5.32 Å². The molecule has 1 heterocycles. The molecule has 1 saturated carbocycles. The Labute approximate surface area is 130 Å². The van der Waals surface area contributed by atoms with Gasteiger partial charge in [0.05, 0.1) is 6.20 Å². The molecule has 1 aliphatic carbocycles. The maximum absolute atomic E-state index is 4.43. The molecule has 0 radical (unpaired) electrons. The number of nitrogens with one attached hydrogen (secondary N) is 1. The van der Waals surface area contributed by atoms with Gasteiger partial charge in [-0.05, 0) is 68.9 Å². The van der Waals surface area contributed by atoms with E-state index in [1.807, 2.05) is 4.68 Å². The van der Waals surface area contributed by atoms with Crippen molar-refractivity contribution in [2.45, 2.75) is 78.8 Å². The predicted octanol–water partition coefficient (Wildman–Crippen LogP) is 4.03. The lowest BCUT2D eigenvalue weighted by molar-refractivity contribution is 0.160. The molecule has 0 spiro atoms. The Bertz CT molecular complexity index is 412. The van der Waals surface area contributed by atoms with Gasteiger partial charge in [-0.2, -0.15) is 5.10 Å². The van der Waals surface area contributed by atoms with Crippen LogP contribution in [-0.2, 0) is 13.0 Å². The normalized spacial score (nSPS) is 20.6. The van der Waals surface area contributed by atoms with Crippen molar-refractivity contribution in [3.05, 3.63) is 18.0 Å². The van der Waals surface area contributed by atoms with Gasteiger partial charge < -0.3 is 5.32 Å². The van der Waals surface area contributed by atoms with Gasteiger partial charge >= 0.3 is 0 Å². The van der Waals surface area contributed by atoms with Crippen LogP contribution in [0.15, 0.2) is 12.4 Å². The van der Waals surface area contributed by atoms with Gasteiger partial charge in [0.1, 0.15) is 0 Å². The summed E-state index contributed by atoms with van der Waals surface area (Å²) in [6.07, 6.45) is 12.1. The summed E-state index contributed by atoms with van der Waals surface area (Å²) in [7, 11) is 0. The Morgan fingerprint density at radius 3 is 2.62 bits per heavy atom. The second-order valence-corrected chi connectivity index (χ2v) is 7.47. The Kier molecular flexibility index (Phi) is 5.86. The monoisotopic (exact) mass is 291 g/mol. The number of aryl methyl sites for hydroxylation is 1. The van der Waals surface area contributed by atoms with Crippen LogP contribution in [0.3, 0.4) is 0 Å². The van der Waals surface area contributed by atoms with E-state index in [9.17, 15) is 0 Å². The number of hydrogen-bond donors (Lipinski definition) is 1. The lowest BCUT2D eigenvalue weighted by atomic mass is 9.70. The highest BCUT2D eigenvalue weighted by molar-refractivity contribution is 5.07. The molecule has 21 heavy (non-hydrogen) atoms. The van der Waals surface area contributed by atoms with Crippen LogP contribution in [0.1, 0.15) is 65.4 Å². The van der Waals surface area contributed by atoms with E-state index < -0.39 is 0 Å². The van der Waals surface area contributed by atoms with Crippen molar-refractivity contribution < 1.29 is 0 Å². The van der Waals surface area contributed by atoms with Crippen LogP contribution >= 0.6 is 0 Å². The topological polar surface area (TPSA) is 29.9 Å². The molecule has 0 saturated heterocycles. The first-order valence-electron chi connectivity index (χ1n) is 8.79. The lowest BCUT2D eigenvalue weighted by Crippen LogP contribution is -2.41. The van der Waals surface area contributed by atoms with Crippen molar-refractivity contribution in [3.8, 4) is 0 Å². The van der Waals surface area contributed by atoms with Crippen molar-refractivity contribution in [1.29, 1.82) is 0 Å². The van der Waals surface area contributed by atoms with Crippen LogP contribution in [0.4, 0.5) is 0 Å². The van der Waals surface area contributed by atoms with Gasteiger partial charge in [0.15, 0.2) is 0 Å². The standard InChI is InChI=1S/C18H33N3/c1-5-11-19-17(12-15-13-20-21(6-2)14-15)16-7-9-18(3,4)10-8-16/h13-14,16-17,19H,5-12H2,1-4H3. The summed E-state index contributed by atoms with van der Waals surface area (Å²) in [5.74, 6) is 0.828. The van der Waals surface area contributed by atoms with Gasteiger partial charge in [-0.25, -0.2) is 0 Å². The van der Waals surface area contributed by atoms with Crippen LogP contribution in [0.2, 0.25) is 0 Å². The van der Waals surface area contributed by atoms with Gasteiger partial charge in [-0.3, -0.25) is 4.68 Å². The van der Waals surface area contributed by atoms with E-state index in [0.29, 0.717) is 11.5 Å². The molecular formula is C18H33N3. The molecular weight excluding hydrogens is 258 g/mol. The molecule has 120 valence electrons. The largest absolute Gasteiger partial charge is 0.313 e. The predicted molar refractivity (Wildman–Crippen MR) is 89.4 cm³/mol. The first-order chi connectivity index (χ1) is 10.0. The van der Waals surface area contributed by atoms with Gasteiger partial charge in [0.25, 0.3) is 0 Å². The van der Waals surface area contributed by atoms with Crippen LogP contribution in [-0.4, -0.2) is 22.4 Å². The quantitative estimate of drug-likeness (QED) is 0.822. The zero-order valence-electron chi connectivity index (χ0n) is 14.4. The van der Waals surface area contributed by atoms with Crippen LogP contribution in [0.5, 0.6) is 0 Å². The van der Waals surface area contributed by atoms with E-state index in [-0.39, 0.29) is 0 Å². The fourth-order valence-corrected chi connectivity index (χ4v) is 3.50. The highest BCUT2D eigenvalue weighted by Gasteiger charge is 2.31. The molecule has 1 aromatic rings. The van der Waals surface area contributed by atoms with Crippen molar-refractivity contribution >= 4 is 0 Å². The molecule has 0 bridgehead atoms. The van der Waals surface area contributed by atoms with Gasteiger partial charge in [-0.1, -0.05) is 20.8 Å². The van der Waals surface area contributed by atoms with Crippen molar-refractivity contribution in [3.63, 3.8) is 0 Å². The molecule has 3 nitrogen and oxygen atoms in total. The van der Waals surface area contributed by atoms with Gasteiger partial charge in [0, 0.05) is 18.8 Å². The zero-order valence-corrected chi connectivity index (χ0v) is 14.4. The SMILES string of the molecule is CCCNC(Cc1cnn(CC)c1)C1CCC(C)(C)CC1. The molecule has 1 aliphatic rings. The molecule has 1 aromatic heterocycles. The summed E-state index contributed by atoms with van der Waals surface area (Å²) in [5.41, 5.74) is 1.94. The third-order valence-corrected chi connectivity index (χ3v) is 5.08. The maximum Gasteiger partial charge on any atom is 0.0522 e. The molecule has 1 atom stereocenters. The summed E-state index contributed by atoms with van der Waals surface area (Å²) < 4.78 is 2.04. The molecule has 2 rings (SSSR count). The molecule has 1 N–H and O–H groups in total. The average molecular weight is 291 g/mol. The first kappa shape index (κ1) is 16.5. The Morgan fingerprint density at radius 2 is 2.05 bits per heavy atom. The maximum atomic E-state index is 4.43. The second-order valence-electron chi connectivity index (χ2n) is 7.47. The molecule has 0 amide bonds. The highest BCUT2D eigenvalue weighted by atomic mass is 15.3. The third-order valence-electron chi connectivity index (χ3n) is 5.08. The highest BCUT2D eigenvalue weighted by Crippen LogP contribution is 2.39. The fraction of sp³-hybridized carbons (Fsp3) is 0.833. The molecule has 0 aromatic carbocycles. The molecule has 0 aliphatic heterocycles. The van der Waals surface area contributed by atoms with Gasteiger partial charge in [0.2, 0.25) is 0 Å². The molecule has 3 heteroatoms. The first-order valence-corrected chi connectivity index (χ1v) is 8.79. The summed E-state index contributed by atoms with van der Waals surface area (Å²) in [6, 6.07) is 0.621. The lowest BCUT2D eigenvalue weighted by Gasteiger charge is -2.38. The second kappa shape index (κ2) is 7.44. The van der Waals surface area contributed by atoms with Crippen LogP contribution in [0, 0.1) is 11.3 Å². The van der Waals surface area contributed by atoms with E-state index in [1.54, 1.807) is 0 Å². The minimum atomic E-state index is 0.554. The van der Waals surface area contributed by atoms with E-state index in [4.69, 9.17) is 0 Å².